The van der Waals surface area contributed by atoms with Crippen LogP contribution in [0.4, 0.5) is 5.69 Å². The van der Waals surface area contributed by atoms with Gasteiger partial charge < -0.3 is 18.9 Å². The number of imide groups is 1. The summed E-state index contributed by atoms with van der Waals surface area (Å²) in [6, 6.07) is 6.93. The molecule has 0 spiro atoms. The third-order valence-electron chi connectivity index (χ3n) is 5.38. The van der Waals surface area contributed by atoms with Crippen LogP contribution in [0.3, 0.4) is 0 Å². The van der Waals surface area contributed by atoms with Gasteiger partial charge in [-0.05, 0) is 18.2 Å². The molecule has 4 aliphatic heterocycles. The Morgan fingerprint density at radius 2 is 2.00 bits per heavy atom. The van der Waals surface area contributed by atoms with Crippen molar-refractivity contribution < 1.29 is 28.5 Å². The molecule has 5 rings (SSSR count). The van der Waals surface area contributed by atoms with E-state index in [1.807, 2.05) is 12.2 Å². The summed E-state index contributed by atoms with van der Waals surface area (Å²) >= 11 is 0. The van der Waals surface area contributed by atoms with E-state index in [1.54, 1.807) is 31.4 Å². The molecule has 130 valence electrons. The van der Waals surface area contributed by atoms with Crippen LogP contribution in [0.15, 0.2) is 36.4 Å². The van der Waals surface area contributed by atoms with Crippen molar-refractivity contribution in [2.45, 2.75) is 18.0 Å². The van der Waals surface area contributed by atoms with E-state index in [1.165, 1.54) is 4.90 Å². The molecule has 1 aromatic carbocycles. The first-order valence-electron chi connectivity index (χ1n) is 8.28. The quantitative estimate of drug-likeness (QED) is 0.599. The molecule has 7 heteroatoms. The monoisotopic (exact) mass is 343 g/mol. The molecule has 3 saturated heterocycles. The lowest BCUT2D eigenvalue weighted by Gasteiger charge is -2.32. The fourth-order valence-corrected chi connectivity index (χ4v) is 4.33. The van der Waals surface area contributed by atoms with Crippen molar-refractivity contribution in [1.82, 2.24) is 0 Å². The number of methoxy groups -OCH3 is 1. The van der Waals surface area contributed by atoms with Gasteiger partial charge in [0.15, 0.2) is 11.9 Å². The molecule has 2 amide bonds. The summed E-state index contributed by atoms with van der Waals surface area (Å²) in [5.74, 6) is -1.13. The van der Waals surface area contributed by atoms with Gasteiger partial charge in [0.1, 0.15) is 5.75 Å². The molecule has 4 heterocycles. The highest BCUT2D eigenvalue weighted by Crippen LogP contribution is 2.55. The number of benzene rings is 1. The number of fused-ring (bicyclic) bond motifs is 5. The van der Waals surface area contributed by atoms with Gasteiger partial charge in [0.25, 0.3) is 0 Å². The Bertz CT molecular complexity index is 786. The number of nitrogens with zero attached hydrogens (tertiary/aromatic N) is 1. The minimum Gasteiger partial charge on any atom is -0.497 e. The number of amides is 2. The van der Waals surface area contributed by atoms with Crippen molar-refractivity contribution in [2.24, 2.45) is 11.8 Å². The zero-order valence-electron chi connectivity index (χ0n) is 13.6. The Kier molecular flexibility index (Phi) is 3.10. The lowest BCUT2D eigenvalue weighted by molar-refractivity contribution is -0.180. The molecule has 1 aromatic rings. The van der Waals surface area contributed by atoms with Crippen LogP contribution in [-0.4, -0.2) is 50.1 Å². The minimum atomic E-state index is -1.02. The third-order valence-corrected chi connectivity index (χ3v) is 5.38. The topological polar surface area (TPSA) is 74.3 Å². The average Bonchev–Trinajstić information content (AvgIpc) is 3.38. The van der Waals surface area contributed by atoms with Crippen molar-refractivity contribution in [3.63, 3.8) is 0 Å². The molecule has 3 fully saturated rings. The lowest BCUT2D eigenvalue weighted by atomic mass is 9.76. The summed E-state index contributed by atoms with van der Waals surface area (Å²) in [7, 11) is 1.54. The molecule has 0 N–H and O–H groups in total. The fraction of sp³-hybridized carbons (Fsp3) is 0.444. The van der Waals surface area contributed by atoms with Gasteiger partial charge in [-0.25, -0.2) is 4.90 Å². The molecule has 2 bridgehead atoms. The van der Waals surface area contributed by atoms with E-state index in [0.717, 1.165) is 0 Å². The summed E-state index contributed by atoms with van der Waals surface area (Å²) in [4.78, 5) is 27.4. The Morgan fingerprint density at radius 1 is 1.20 bits per heavy atom. The van der Waals surface area contributed by atoms with E-state index in [0.29, 0.717) is 24.7 Å². The maximum Gasteiger partial charge on any atom is 0.241 e. The minimum absolute atomic E-state index is 0.252. The molecule has 4 aliphatic rings. The van der Waals surface area contributed by atoms with Gasteiger partial charge in [-0.15, -0.1) is 0 Å². The van der Waals surface area contributed by atoms with Gasteiger partial charge in [-0.2, -0.15) is 0 Å². The van der Waals surface area contributed by atoms with Crippen LogP contribution in [0.5, 0.6) is 5.75 Å². The maximum absolute atomic E-state index is 13.2. The number of ether oxygens (including phenoxy) is 4. The van der Waals surface area contributed by atoms with Gasteiger partial charge >= 0.3 is 0 Å². The average molecular weight is 343 g/mol. The number of hydrogen-bond acceptors (Lipinski definition) is 6. The Labute approximate surface area is 144 Å². The van der Waals surface area contributed by atoms with E-state index < -0.39 is 29.8 Å². The second-order valence-corrected chi connectivity index (χ2v) is 6.59. The van der Waals surface area contributed by atoms with Crippen molar-refractivity contribution in [2.75, 3.05) is 25.2 Å². The predicted molar refractivity (Wildman–Crippen MR) is 84.9 cm³/mol. The molecular weight excluding hydrogens is 326 g/mol. The van der Waals surface area contributed by atoms with Crippen molar-refractivity contribution in [1.29, 1.82) is 0 Å². The van der Waals surface area contributed by atoms with Gasteiger partial charge in [-0.1, -0.05) is 12.1 Å². The van der Waals surface area contributed by atoms with Gasteiger partial charge in [0.2, 0.25) is 11.8 Å². The van der Waals surface area contributed by atoms with E-state index in [4.69, 9.17) is 18.9 Å². The molecule has 4 atom stereocenters. The van der Waals surface area contributed by atoms with Gasteiger partial charge in [0, 0.05) is 6.07 Å². The molecule has 7 nitrogen and oxygen atoms in total. The van der Waals surface area contributed by atoms with Crippen LogP contribution in [0.1, 0.15) is 0 Å². The number of anilines is 1. The molecular formula is C18H17NO6. The van der Waals surface area contributed by atoms with E-state index in [2.05, 4.69) is 0 Å². The number of rotatable bonds is 3. The van der Waals surface area contributed by atoms with Gasteiger partial charge in [-0.3, -0.25) is 9.59 Å². The zero-order valence-corrected chi connectivity index (χ0v) is 13.6. The normalized spacial score (nSPS) is 36.5. The Hall–Kier alpha value is -2.22. The summed E-state index contributed by atoms with van der Waals surface area (Å²) < 4.78 is 22.5. The zero-order chi connectivity index (χ0) is 17.2. The smallest absolute Gasteiger partial charge is 0.241 e. The Balaban J connectivity index is 1.55. The summed E-state index contributed by atoms with van der Waals surface area (Å²) in [6.45, 7) is 0.904. The van der Waals surface area contributed by atoms with E-state index in [-0.39, 0.29) is 11.8 Å². The lowest BCUT2D eigenvalue weighted by Crippen LogP contribution is -2.49. The van der Waals surface area contributed by atoms with Crippen LogP contribution in [0.2, 0.25) is 0 Å². The van der Waals surface area contributed by atoms with Crippen LogP contribution < -0.4 is 9.64 Å². The first-order chi connectivity index (χ1) is 12.2. The third kappa shape index (κ3) is 1.85. The SMILES string of the molecule is COc1cccc(N2C(=O)[C@H]3[C@@H](C2=O)[C@@]2(C4OCCO4)C=C[C@H]3O2)c1. The summed E-state index contributed by atoms with van der Waals surface area (Å²) in [5.41, 5.74) is -0.516. The van der Waals surface area contributed by atoms with Crippen LogP contribution in [-0.2, 0) is 23.8 Å². The highest BCUT2D eigenvalue weighted by molar-refractivity contribution is 6.23. The molecule has 0 radical (unpaired) electrons. The van der Waals surface area contributed by atoms with Crippen LogP contribution in [0.25, 0.3) is 0 Å². The van der Waals surface area contributed by atoms with Crippen LogP contribution >= 0.6 is 0 Å². The number of carbonyl (C=O) groups excluding carboxylic acids is 2. The van der Waals surface area contributed by atoms with Crippen molar-refractivity contribution in [3.05, 3.63) is 36.4 Å². The largest absolute Gasteiger partial charge is 0.497 e. The summed E-state index contributed by atoms with van der Waals surface area (Å²) in [6.07, 6.45) is 2.58. The summed E-state index contributed by atoms with van der Waals surface area (Å²) in [5, 5.41) is 0. The van der Waals surface area contributed by atoms with Crippen molar-refractivity contribution in [3.8, 4) is 5.75 Å². The first-order valence-corrected chi connectivity index (χ1v) is 8.28. The fourth-order valence-electron chi connectivity index (χ4n) is 4.33. The molecule has 25 heavy (non-hydrogen) atoms. The Morgan fingerprint density at radius 3 is 2.76 bits per heavy atom. The second kappa shape index (κ2) is 5.14. The number of hydrogen-bond donors (Lipinski definition) is 0. The predicted octanol–water partition coefficient (Wildman–Crippen LogP) is 0.881. The van der Waals surface area contributed by atoms with Gasteiger partial charge in [0.05, 0.1) is 44.0 Å². The number of carbonyl (C=O) groups is 2. The molecule has 0 aliphatic carbocycles. The van der Waals surface area contributed by atoms with Crippen LogP contribution in [0, 0.1) is 11.8 Å². The van der Waals surface area contributed by atoms with Crippen molar-refractivity contribution >= 4 is 17.5 Å². The first kappa shape index (κ1) is 15.1. The van der Waals surface area contributed by atoms with E-state index in [9.17, 15) is 9.59 Å². The molecule has 0 unspecified atom stereocenters. The maximum atomic E-state index is 13.2. The highest BCUT2D eigenvalue weighted by Gasteiger charge is 2.71. The van der Waals surface area contributed by atoms with E-state index >= 15 is 0 Å². The molecule has 0 aromatic heterocycles. The highest BCUT2D eigenvalue weighted by atomic mass is 16.7. The molecule has 0 saturated carbocycles. The standard InChI is InChI=1S/C18H17NO6/c1-22-11-4-2-3-10(9-11)19-15(20)13-12-5-6-18(25-12,14(13)16(19)21)17-23-7-8-24-17/h2-6,9,12-14,17H,7-8H2,1H3/t12-,13-,14+,18-/m1/s1. The second-order valence-electron chi connectivity index (χ2n) is 6.59.